The van der Waals surface area contributed by atoms with Crippen molar-refractivity contribution < 1.29 is 4.39 Å². The highest BCUT2D eigenvalue weighted by Gasteiger charge is 2.19. The largest absolute Gasteiger partial charge is 0.269 e. The first-order valence-electron chi connectivity index (χ1n) is 7.61. The van der Waals surface area contributed by atoms with Crippen LogP contribution >= 0.6 is 11.6 Å². The summed E-state index contributed by atoms with van der Waals surface area (Å²) in [5.41, 5.74) is 1.98. The molecule has 1 aromatic heterocycles. The smallest absolute Gasteiger partial charge is 0.123 e. The Balaban J connectivity index is 1.72. The second-order valence-electron chi connectivity index (χ2n) is 5.84. The summed E-state index contributed by atoms with van der Waals surface area (Å²) in [6, 6.07) is 9.33. The minimum absolute atomic E-state index is 0.106. The molecule has 1 saturated carbocycles. The number of nitrogens with zero attached hydrogens (tertiary/aromatic N) is 2. The quantitative estimate of drug-likeness (QED) is 0.732. The van der Waals surface area contributed by atoms with Crippen molar-refractivity contribution in [2.75, 3.05) is 5.88 Å². The second kappa shape index (κ2) is 6.61. The van der Waals surface area contributed by atoms with E-state index >= 15 is 0 Å². The summed E-state index contributed by atoms with van der Waals surface area (Å²) in [4.78, 5) is 0. The van der Waals surface area contributed by atoms with Crippen molar-refractivity contribution >= 4 is 11.6 Å². The zero-order valence-electron chi connectivity index (χ0n) is 12.0. The van der Waals surface area contributed by atoms with Gasteiger partial charge in [0, 0.05) is 18.0 Å². The van der Waals surface area contributed by atoms with Crippen LogP contribution in [0.3, 0.4) is 0 Å². The Morgan fingerprint density at radius 2 is 2.10 bits per heavy atom. The normalized spacial score (nSPS) is 17.2. The molecule has 0 saturated heterocycles. The van der Waals surface area contributed by atoms with Gasteiger partial charge in [-0.05, 0) is 43.0 Å². The minimum Gasteiger partial charge on any atom is -0.269 e. The highest BCUT2D eigenvalue weighted by molar-refractivity contribution is 6.18. The van der Waals surface area contributed by atoms with Gasteiger partial charge in [-0.1, -0.05) is 25.0 Å². The molecular weight excluding hydrogens is 287 g/mol. The second-order valence-corrected chi connectivity index (χ2v) is 6.14. The fourth-order valence-corrected chi connectivity index (χ4v) is 3.42. The number of hydrogen-bond acceptors (Lipinski definition) is 1. The highest BCUT2D eigenvalue weighted by atomic mass is 35.5. The topological polar surface area (TPSA) is 17.8 Å². The molecule has 0 bridgehead atoms. The molecule has 1 heterocycles. The zero-order chi connectivity index (χ0) is 14.7. The fraction of sp³-hybridized carbons (Fsp3) is 0.471. The molecule has 112 valence electrons. The van der Waals surface area contributed by atoms with E-state index in [9.17, 15) is 4.39 Å². The number of aromatic nitrogens is 2. The van der Waals surface area contributed by atoms with Crippen LogP contribution in [0.15, 0.2) is 36.5 Å². The van der Waals surface area contributed by atoms with Crippen molar-refractivity contribution in [2.45, 2.75) is 44.1 Å². The Hall–Kier alpha value is -1.35. The Labute approximate surface area is 129 Å². The maximum absolute atomic E-state index is 13.3. The number of halogens is 2. The molecule has 0 amide bonds. The van der Waals surface area contributed by atoms with Gasteiger partial charge in [-0.15, -0.1) is 11.6 Å². The summed E-state index contributed by atoms with van der Waals surface area (Å²) in [6.07, 6.45) is 7.88. The highest BCUT2D eigenvalue weighted by Crippen LogP contribution is 2.29. The van der Waals surface area contributed by atoms with Gasteiger partial charge in [0.2, 0.25) is 0 Å². The molecule has 3 rings (SSSR count). The van der Waals surface area contributed by atoms with Gasteiger partial charge in [0.15, 0.2) is 0 Å². The molecule has 2 nitrogen and oxygen atoms in total. The molecule has 1 aliphatic carbocycles. The molecule has 0 radical (unpaired) electrons. The third-order valence-electron chi connectivity index (χ3n) is 4.32. The predicted octanol–water partition coefficient (Wildman–Crippen LogP) is 4.70. The first-order valence-corrected chi connectivity index (χ1v) is 8.15. The first-order chi connectivity index (χ1) is 10.3. The van der Waals surface area contributed by atoms with Crippen LogP contribution in [-0.2, 0) is 6.42 Å². The van der Waals surface area contributed by atoms with E-state index in [1.54, 1.807) is 12.1 Å². The third-order valence-corrected chi connectivity index (χ3v) is 4.70. The summed E-state index contributed by atoms with van der Waals surface area (Å²) in [6.45, 7) is 0. The molecule has 1 fully saturated rings. The lowest BCUT2D eigenvalue weighted by Gasteiger charge is -2.13. The van der Waals surface area contributed by atoms with Crippen LogP contribution in [0.2, 0.25) is 0 Å². The SMILES string of the molecule is Fc1cccc(C(CCl)Cc2ccn(C3CCCC3)n2)c1. The molecule has 0 N–H and O–H groups in total. The molecule has 1 unspecified atom stereocenters. The Kier molecular flexibility index (Phi) is 4.59. The fourth-order valence-electron chi connectivity index (χ4n) is 3.13. The average molecular weight is 307 g/mol. The third kappa shape index (κ3) is 3.46. The van der Waals surface area contributed by atoms with Gasteiger partial charge in [0.25, 0.3) is 0 Å². The molecule has 4 heteroatoms. The zero-order valence-corrected chi connectivity index (χ0v) is 12.8. The maximum Gasteiger partial charge on any atom is 0.123 e. The molecule has 1 aromatic carbocycles. The number of hydrogen-bond donors (Lipinski definition) is 0. The molecule has 1 aliphatic rings. The molecule has 1 atom stereocenters. The molecule has 2 aromatic rings. The van der Waals surface area contributed by atoms with E-state index in [4.69, 9.17) is 16.7 Å². The summed E-state index contributed by atoms with van der Waals surface area (Å²) < 4.78 is 15.4. The van der Waals surface area contributed by atoms with E-state index in [0.29, 0.717) is 11.9 Å². The van der Waals surface area contributed by atoms with Crippen LogP contribution < -0.4 is 0 Å². The van der Waals surface area contributed by atoms with Gasteiger partial charge in [0.1, 0.15) is 5.82 Å². The summed E-state index contributed by atoms with van der Waals surface area (Å²) in [5, 5.41) is 4.69. The standard InChI is InChI=1S/C17H20ClFN2/c18-12-14(13-4-3-5-15(19)10-13)11-16-8-9-21(20-16)17-6-1-2-7-17/h3-5,8-10,14,17H,1-2,6-7,11-12H2. The Bertz CT molecular complexity index is 590. The van der Waals surface area contributed by atoms with Gasteiger partial charge < -0.3 is 0 Å². The van der Waals surface area contributed by atoms with E-state index in [1.165, 1.54) is 31.7 Å². The van der Waals surface area contributed by atoms with Crippen molar-refractivity contribution in [3.63, 3.8) is 0 Å². The summed E-state index contributed by atoms with van der Waals surface area (Å²) in [7, 11) is 0. The van der Waals surface area contributed by atoms with Gasteiger partial charge in [0.05, 0.1) is 11.7 Å². The lowest BCUT2D eigenvalue weighted by molar-refractivity contribution is 0.461. The lowest BCUT2D eigenvalue weighted by atomic mass is 9.96. The molecule has 21 heavy (non-hydrogen) atoms. The van der Waals surface area contributed by atoms with E-state index in [2.05, 4.69) is 16.9 Å². The maximum atomic E-state index is 13.3. The molecular formula is C17H20ClFN2. The van der Waals surface area contributed by atoms with E-state index in [0.717, 1.165) is 17.7 Å². The van der Waals surface area contributed by atoms with Crippen molar-refractivity contribution in [1.82, 2.24) is 9.78 Å². The van der Waals surface area contributed by atoms with Crippen LogP contribution in [0.25, 0.3) is 0 Å². The lowest BCUT2D eigenvalue weighted by Crippen LogP contribution is -2.08. The van der Waals surface area contributed by atoms with E-state index < -0.39 is 0 Å². The first kappa shape index (κ1) is 14.6. The number of rotatable bonds is 5. The molecule has 0 spiro atoms. The summed E-state index contributed by atoms with van der Waals surface area (Å²) >= 11 is 6.08. The average Bonchev–Trinajstić information content (AvgIpc) is 3.15. The van der Waals surface area contributed by atoms with Gasteiger partial charge in [-0.2, -0.15) is 5.10 Å². The van der Waals surface area contributed by atoms with Crippen molar-refractivity contribution in [2.24, 2.45) is 0 Å². The van der Waals surface area contributed by atoms with Crippen LogP contribution in [0.1, 0.15) is 48.9 Å². The number of benzene rings is 1. The monoisotopic (exact) mass is 306 g/mol. The van der Waals surface area contributed by atoms with Gasteiger partial charge in [-0.25, -0.2) is 4.39 Å². The Morgan fingerprint density at radius 1 is 1.29 bits per heavy atom. The van der Waals surface area contributed by atoms with E-state index in [1.807, 2.05) is 6.07 Å². The number of alkyl halides is 1. The van der Waals surface area contributed by atoms with Crippen molar-refractivity contribution in [1.29, 1.82) is 0 Å². The minimum atomic E-state index is -0.209. The summed E-state index contributed by atoms with van der Waals surface area (Å²) in [5.74, 6) is 0.369. The van der Waals surface area contributed by atoms with Crippen LogP contribution in [0.4, 0.5) is 4.39 Å². The van der Waals surface area contributed by atoms with E-state index in [-0.39, 0.29) is 11.7 Å². The predicted molar refractivity (Wildman–Crippen MR) is 83.3 cm³/mol. The van der Waals surface area contributed by atoms with Gasteiger partial charge >= 0.3 is 0 Å². The molecule has 0 aliphatic heterocycles. The van der Waals surface area contributed by atoms with Crippen LogP contribution in [-0.4, -0.2) is 15.7 Å². The van der Waals surface area contributed by atoms with Crippen molar-refractivity contribution in [3.8, 4) is 0 Å². The Morgan fingerprint density at radius 3 is 2.81 bits per heavy atom. The van der Waals surface area contributed by atoms with Gasteiger partial charge in [-0.3, -0.25) is 4.68 Å². The van der Waals surface area contributed by atoms with Crippen molar-refractivity contribution in [3.05, 3.63) is 53.6 Å². The van der Waals surface area contributed by atoms with Crippen LogP contribution in [0, 0.1) is 5.82 Å². The van der Waals surface area contributed by atoms with Crippen LogP contribution in [0.5, 0.6) is 0 Å².